The Morgan fingerprint density at radius 3 is 0.310 bits per heavy atom. The normalized spacial score (nSPS) is 0. The van der Waals surface area contributed by atoms with Gasteiger partial charge in [-0.2, -0.15) is 0 Å². The third kappa shape index (κ3) is 2170. The molecule has 0 aliphatic heterocycles. The van der Waals surface area contributed by atoms with E-state index in [1.54, 1.807) is 0 Å². The minimum atomic E-state index is 0. The van der Waals surface area contributed by atoms with Crippen LogP contribution in [0.25, 0.3) is 0 Å². The summed E-state index contributed by atoms with van der Waals surface area (Å²) in [6.07, 6.45) is 0. The zero-order valence-electron chi connectivity index (χ0n) is 12.8. The fraction of sp³-hybridized carbons (Fsp3) is 0. The Bertz CT molecular complexity index is 48.6. The van der Waals surface area contributed by atoms with E-state index in [0.717, 1.165) is 0 Å². The minimum Gasteiger partial charge on any atom is -0.870 e. The fourth-order valence-electron chi connectivity index (χ4n) is 0. The van der Waals surface area contributed by atoms with Crippen LogP contribution in [0.2, 0.25) is 0 Å². The van der Waals surface area contributed by atoms with Crippen molar-refractivity contribution in [3.63, 3.8) is 0 Å². The first-order valence-corrected chi connectivity index (χ1v) is 0. The summed E-state index contributed by atoms with van der Waals surface area (Å²) in [6, 6.07) is 0. The maximum absolute atomic E-state index is 0. The molecule has 0 amide bonds. The molecule has 29 heavy (non-hydrogen) atoms. The van der Waals surface area contributed by atoms with Crippen molar-refractivity contribution < 1.29 is 240 Å². The van der Waals surface area contributed by atoms with Gasteiger partial charge in [-0.1, -0.05) is 0 Å². The van der Waals surface area contributed by atoms with Gasteiger partial charge in [-0.3, -0.25) is 0 Å². The molecule has 0 saturated heterocycles. The maximum Gasteiger partial charge on any atom is 3.00 e. The van der Waals surface area contributed by atoms with Gasteiger partial charge >= 0.3 is 124 Å². The average Bonchev–Trinajstić information content (AvgIpc) is 0. The quantitative estimate of drug-likeness (QED) is 0.209. The van der Waals surface area contributed by atoms with E-state index in [9.17, 15) is 0 Å². The first-order valence-electron chi connectivity index (χ1n) is 0. The molecular formula is H21AlCoCuFeNiO21RuVZn-5. The molecule has 29 heteroatoms. The molecule has 0 bridgehead atoms. The van der Waals surface area contributed by atoms with Gasteiger partial charge in [0.2, 0.25) is 0 Å². The summed E-state index contributed by atoms with van der Waals surface area (Å²) >= 11 is 0. The van der Waals surface area contributed by atoms with Gasteiger partial charge in [0.05, 0.1) is 0 Å². The molecule has 21 N–H and O–H groups in total. The van der Waals surface area contributed by atoms with Crippen LogP contribution in [-0.2, 0) is 125 Å². The molecule has 0 rings (SSSR count). The second kappa shape index (κ2) is 2320. The van der Waals surface area contributed by atoms with Crippen molar-refractivity contribution in [2.75, 3.05) is 0 Å². The fourth-order valence-corrected chi connectivity index (χ4v) is 0. The first kappa shape index (κ1) is 2560. The van der Waals surface area contributed by atoms with Crippen LogP contribution >= 0.6 is 0 Å². The third-order valence-corrected chi connectivity index (χ3v) is 0. The Morgan fingerprint density at radius 2 is 0.310 bits per heavy atom. The van der Waals surface area contributed by atoms with E-state index >= 15 is 0 Å². The van der Waals surface area contributed by atoms with Gasteiger partial charge in [0.1, 0.15) is 0 Å². The van der Waals surface area contributed by atoms with Crippen molar-refractivity contribution in [3.05, 3.63) is 0 Å². The summed E-state index contributed by atoms with van der Waals surface area (Å²) < 4.78 is 0. The monoisotopic (exact) mass is 837 g/mol. The van der Waals surface area contributed by atoms with Crippen molar-refractivity contribution in [2.45, 2.75) is 0 Å². The second-order valence-corrected chi connectivity index (χ2v) is 0. The standard InChI is InChI=1S/Al.Co.Cu.Fe.Ni.21H2O.Ru.V.Zn/h;;;;;21*1H2;;;/q+3;4*+2;;;;;;;;;;;;;;;;;;;;;;+3;;+2/p-21. The molecule has 4 radical (unpaired) electrons. The molecule has 0 aromatic rings. The van der Waals surface area contributed by atoms with Crippen molar-refractivity contribution in [2.24, 2.45) is 0 Å². The van der Waals surface area contributed by atoms with Gasteiger partial charge in [-0.05, 0) is 0 Å². The molecule has 21 nitrogen and oxygen atoms in total. The van der Waals surface area contributed by atoms with Crippen molar-refractivity contribution in [1.82, 2.24) is 0 Å². The molecular weight excluding hydrogens is 817 g/mol. The molecule has 0 heterocycles. The van der Waals surface area contributed by atoms with Crippen molar-refractivity contribution in [1.29, 1.82) is 0 Å². The van der Waals surface area contributed by atoms with E-state index in [1.165, 1.54) is 0 Å². The molecule has 0 fully saturated rings. The second-order valence-electron chi connectivity index (χ2n) is 0. The Balaban J connectivity index is 0. The van der Waals surface area contributed by atoms with Crippen LogP contribution in [-0.4, -0.2) is 132 Å². The molecule has 0 aromatic heterocycles. The van der Waals surface area contributed by atoms with Crippen LogP contribution in [0.15, 0.2) is 0 Å². The average molecular weight is 839 g/mol. The molecule has 0 unspecified atom stereocenters. The molecule has 0 saturated carbocycles. The van der Waals surface area contributed by atoms with Crippen molar-refractivity contribution >= 4 is 17.4 Å². The Labute approximate surface area is 255 Å². The third-order valence-electron chi connectivity index (χ3n) is 0. The van der Waals surface area contributed by atoms with Gasteiger partial charge in [0.25, 0.3) is 0 Å². The molecule has 208 valence electrons. The zero-order chi connectivity index (χ0) is 0. The van der Waals surface area contributed by atoms with Gasteiger partial charge in [0, 0.05) is 18.6 Å². The van der Waals surface area contributed by atoms with Gasteiger partial charge in [0.15, 0.2) is 0 Å². The predicted molar refractivity (Wildman–Crippen MR) is 46.4 cm³/mol. The summed E-state index contributed by atoms with van der Waals surface area (Å²) in [5.74, 6) is 0. The molecule has 0 spiro atoms. The topological polar surface area (TPSA) is 630 Å². The van der Waals surface area contributed by atoms with E-state index in [0.29, 0.717) is 0 Å². The zero-order valence-corrected chi connectivity index (χ0v) is 24.1. The van der Waals surface area contributed by atoms with Crippen LogP contribution in [0, 0.1) is 0 Å². The Hall–Kier alpha value is 3.56. The van der Waals surface area contributed by atoms with Gasteiger partial charge < -0.3 is 115 Å². The summed E-state index contributed by atoms with van der Waals surface area (Å²) in [4.78, 5) is 0. The first-order chi connectivity index (χ1) is 0. The summed E-state index contributed by atoms with van der Waals surface area (Å²) in [7, 11) is 0. The molecule has 0 atom stereocenters. The molecule has 0 aliphatic carbocycles. The molecule has 0 aromatic carbocycles. The maximum atomic E-state index is 0. The van der Waals surface area contributed by atoms with Crippen molar-refractivity contribution in [3.8, 4) is 0 Å². The van der Waals surface area contributed by atoms with E-state index in [-0.39, 0.29) is 257 Å². The van der Waals surface area contributed by atoms with Gasteiger partial charge in [-0.25, -0.2) is 0 Å². The predicted octanol–water partition coefficient (Wildman–Crippen LogP) is -4.11. The summed E-state index contributed by atoms with van der Waals surface area (Å²) in [5, 5.41) is 0. The minimum absolute atomic E-state index is 0. The Morgan fingerprint density at radius 1 is 0.310 bits per heavy atom. The van der Waals surface area contributed by atoms with Crippen LogP contribution in [0.1, 0.15) is 0 Å². The van der Waals surface area contributed by atoms with Crippen LogP contribution in [0.5, 0.6) is 0 Å². The number of hydrogen-bond donors (Lipinski definition) is 0. The van der Waals surface area contributed by atoms with E-state index in [1.807, 2.05) is 0 Å². The van der Waals surface area contributed by atoms with Gasteiger partial charge in [-0.15, -0.1) is 0 Å². The summed E-state index contributed by atoms with van der Waals surface area (Å²) in [5.41, 5.74) is 0. The molecule has 0 aliphatic rings. The van der Waals surface area contributed by atoms with Crippen LogP contribution in [0.3, 0.4) is 0 Å². The number of hydrogen-bond acceptors (Lipinski definition) is 21. The smallest absolute Gasteiger partial charge is 0.870 e. The van der Waals surface area contributed by atoms with E-state index in [4.69, 9.17) is 0 Å². The number of rotatable bonds is 0. The van der Waals surface area contributed by atoms with E-state index in [2.05, 4.69) is 0 Å². The van der Waals surface area contributed by atoms with Crippen LogP contribution in [0.4, 0.5) is 0 Å². The summed E-state index contributed by atoms with van der Waals surface area (Å²) in [6.45, 7) is 0. The largest absolute Gasteiger partial charge is 3.00 e. The van der Waals surface area contributed by atoms with Crippen LogP contribution < -0.4 is 0 Å². The SMILES string of the molecule is [Al+3].[Co+2].[Cu+2].[Fe+2].[Ni+2].[OH-].[OH-].[OH-].[OH-].[OH-].[OH-].[OH-].[OH-].[OH-].[OH-].[OH-].[OH-].[OH-].[OH-].[OH-].[OH-].[OH-].[OH-].[OH-].[OH-].[OH-].[Ru+3].[V].[Zn+2]. The van der Waals surface area contributed by atoms with E-state index < -0.39 is 0 Å². The Kier molecular flexibility index (Phi) is 205000.